The molecular weight excluding hydrogens is 250 g/mol. The molecule has 0 unspecified atom stereocenters. The lowest BCUT2D eigenvalue weighted by Gasteiger charge is -2.05. The van der Waals surface area contributed by atoms with E-state index in [2.05, 4.69) is 27.7 Å². The highest BCUT2D eigenvalue weighted by atomic mass is 32.1. The fourth-order valence-corrected chi connectivity index (χ4v) is 2.16. The molecule has 92 valence electrons. The van der Waals surface area contributed by atoms with Gasteiger partial charge in [0.2, 0.25) is 0 Å². The van der Waals surface area contributed by atoms with E-state index in [4.69, 9.17) is 0 Å². The Hall–Kier alpha value is -1.89. The molecule has 0 aromatic carbocycles. The number of fused-ring (bicyclic) bond motifs is 3. The van der Waals surface area contributed by atoms with Crippen molar-refractivity contribution in [1.29, 1.82) is 0 Å². The molecule has 0 atom stereocenters. The van der Waals surface area contributed by atoms with Gasteiger partial charge in [-0.1, -0.05) is 0 Å². The van der Waals surface area contributed by atoms with E-state index in [1.54, 1.807) is 28.4 Å². The van der Waals surface area contributed by atoms with Gasteiger partial charge in [0.25, 0.3) is 11.3 Å². The molecule has 3 rings (SSSR count). The summed E-state index contributed by atoms with van der Waals surface area (Å²) >= 11 is 4.13. The average molecular weight is 261 g/mol. The summed E-state index contributed by atoms with van der Waals surface area (Å²) in [7, 11) is 0. The minimum absolute atomic E-state index is 0.0795. The standard InChI is InChI=1S/C11H11N5OS/c1-7-13-11-12-6-8-9(16(11)14-7)2-3-15(4-5-18)10(8)17/h2-3,6,18H,4-5H2,1H3. The van der Waals surface area contributed by atoms with Crippen molar-refractivity contribution < 1.29 is 0 Å². The fourth-order valence-electron chi connectivity index (χ4n) is 1.94. The number of hydrogen-bond acceptors (Lipinski definition) is 5. The maximum absolute atomic E-state index is 12.2. The largest absolute Gasteiger partial charge is 0.314 e. The van der Waals surface area contributed by atoms with E-state index >= 15 is 0 Å². The van der Waals surface area contributed by atoms with Crippen molar-refractivity contribution in [2.75, 3.05) is 5.75 Å². The van der Waals surface area contributed by atoms with Crippen LogP contribution in [0.4, 0.5) is 0 Å². The van der Waals surface area contributed by atoms with Crippen molar-refractivity contribution in [3.63, 3.8) is 0 Å². The maximum atomic E-state index is 12.2. The Morgan fingerprint density at radius 1 is 1.44 bits per heavy atom. The predicted octanol–water partition coefficient (Wildman–Crippen LogP) is 0.677. The van der Waals surface area contributed by atoms with Gasteiger partial charge in [-0.2, -0.15) is 22.1 Å². The number of nitrogens with zero attached hydrogens (tertiary/aromatic N) is 5. The van der Waals surface area contributed by atoms with Crippen molar-refractivity contribution in [2.24, 2.45) is 0 Å². The van der Waals surface area contributed by atoms with Crippen molar-refractivity contribution >= 4 is 29.3 Å². The highest BCUT2D eigenvalue weighted by Crippen LogP contribution is 2.09. The summed E-state index contributed by atoms with van der Waals surface area (Å²) in [6.45, 7) is 2.37. The number of thiol groups is 1. The van der Waals surface area contributed by atoms with Crippen molar-refractivity contribution in [2.45, 2.75) is 13.5 Å². The molecule has 0 N–H and O–H groups in total. The van der Waals surface area contributed by atoms with Crippen LogP contribution >= 0.6 is 12.6 Å². The molecule has 3 aromatic heterocycles. The molecule has 0 radical (unpaired) electrons. The van der Waals surface area contributed by atoms with E-state index in [0.717, 1.165) is 5.52 Å². The number of rotatable bonds is 2. The van der Waals surface area contributed by atoms with Crippen LogP contribution in [-0.2, 0) is 6.54 Å². The molecule has 0 saturated heterocycles. The minimum atomic E-state index is -0.0795. The van der Waals surface area contributed by atoms with Crippen molar-refractivity contribution in [3.8, 4) is 0 Å². The minimum Gasteiger partial charge on any atom is -0.314 e. The molecule has 18 heavy (non-hydrogen) atoms. The van der Waals surface area contributed by atoms with E-state index in [0.29, 0.717) is 29.3 Å². The normalized spacial score (nSPS) is 11.4. The second-order valence-corrected chi connectivity index (χ2v) is 4.41. The zero-order valence-corrected chi connectivity index (χ0v) is 10.6. The van der Waals surface area contributed by atoms with Crippen LogP contribution in [0.15, 0.2) is 23.3 Å². The molecule has 0 saturated carbocycles. The van der Waals surface area contributed by atoms with Crippen LogP contribution in [0.2, 0.25) is 0 Å². The van der Waals surface area contributed by atoms with Gasteiger partial charge < -0.3 is 4.57 Å². The first-order valence-corrected chi connectivity index (χ1v) is 6.16. The van der Waals surface area contributed by atoms with Crippen LogP contribution in [0, 0.1) is 6.92 Å². The highest BCUT2D eigenvalue weighted by molar-refractivity contribution is 7.80. The van der Waals surface area contributed by atoms with Crippen LogP contribution in [0.1, 0.15) is 5.82 Å². The van der Waals surface area contributed by atoms with Gasteiger partial charge in [-0.25, -0.2) is 4.98 Å². The second kappa shape index (κ2) is 4.09. The zero-order valence-electron chi connectivity index (χ0n) is 9.74. The molecule has 0 aliphatic heterocycles. The fraction of sp³-hybridized carbons (Fsp3) is 0.273. The Kier molecular flexibility index (Phi) is 2.55. The molecule has 0 aliphatic rings. The molecule has 0 fully saturated rings. The van der Waals surface area contributed by atoms with Gasteiger partial charge in [-0.05, 0) is 13.0 Å². The monoisotopic (exact) mass is 261 g/mol. The van der Waals surface area contributed by atoms with E-state index in [9.17, 15) is 4.79 Å². The third-order valence-corrected chi connectivity index (χ3v) is 2.95. The molecule has 6 nitrogen and oxygen atoms in total. The van der Waals surface area contributed by atoms with Gasteiger partial charge in [-0.15, -0.1) is 5.10 Å². The Balaban J connectivity index is 2.40. The molecule has 0 aliphatic carbocycles. The lowest BCUT2D eigenvalue weighted by molar-refractivity contribution is 0.742. The molecule has 3 heterocycles. The lowest BCUT2D eigenvalue weighted by atomic mass is 10.3. The smallest absolute Gasteiger partial charge is 0.261 e. The summed E-state index contributed by atoms with van der Waals surface area (Å²) in [5.41, 5.74) is 0.644. The van der Waals surface area contributed by atoms with Crippen LogP contribution in [0.3, 0.4) is 0 Å². The van der Waals surface area contributed by atoms with Crippen LogP contribution in [0.25, 0.3) is 16.7 Å². The van der Waals surface area contributed by atoms with Crippen LogP contribution in [-0.4, -0.2) is 29.9 Å². The van der Waals surface area contributed by atoms with E-state index in [-0.39, 0.29) is 5.56 Å². The van der Waals surface area contributed by atoms with Crippen molar-refractivity contribution in [1.82, 2.24) is 24.1 Å². The third kappa shape index (κ3) is 1.59. The predicted molar refractivity (Wildman–Crippen MR) is 71.1 cm³/mol. The van der Waals surface area contributed by atoms with Crippen LogP contribution in [0.5, 0.6) is 0 Å². The summed E-state index contributed by atoms with van der Waals surface area (Å²) in [5.74, 6) is 1.75. The van der Waals surface area contributed by atoms with Gasteiger partial charge >= 0.3 is 0 Å². The average Bonchev–Trinajstić information content (AvgIpc) is 2.73. The molecule has 0 spiro atoms. The van der Waals surface area contributed by atoms with E-state index in [1.807, 2.05) is 6.07 Å². The molecular formula is C11H11N5OS. The first kappa shape index (κ1) is 11.2. The molecule has 7 heteroatoms. The van der Waals surface area contributed by atoms with Crippen LogP contribution < -0.4 is 5.56 Å². The van der Waals surface area contributed by atoms with Gasteiger partial charge in [0, 0.05) is 24.7 Å². The summed E-state index contributed by atoms with van der Waals surface area (Å²) in [5, 5.41) is 4.78. The molecule has 0 amide bonds. The zero-order chi connectivity index (χ0) is 12.7. The number of pyridine rings is 1. The van der Waals surface area contributed by atoms with E-state index < -0.39 is 0 Å². The van der Waals surface area contributed by atoms with Crippen molar-refractivity contribution in [3.05, 3.63) is 34.6 Å². The molecule has 3 aromatic rings. The number of hydrogen-bond donors (Lipinski definition) is 1. The highest BCUT2D eigenvalue weighted by Gasteiger charge is 2.09. The topological polar surface area (TPSA) is 65.1 Å². The summed E-state index contributed by atoms with van der Waals surface area (Å²) < 4.78 is 3.21. The SMILES string of the molecule is Cc1nc2ncc3c(=O)n(CCS)ccc3n2n1. The lowest BCUT2D eigenvalue weighted by Crippen LogP contribution is -2.21. The van der Waals surface area contributed by atoms with Gasteiger partial charge in [0.05, 0.1) is 10.9 Å². The summed E-state index contributed by atoms with van der Waals surface area (Å²) in [4.78, 5) is 20.5. The Labute approximate surface area is 108 Å². The summed E-state index contributed by atoms with van der Waals surface area (Å²) in [6.07, 6.45) is 3.30. The van der Waals surface area contributed by atoms with E-state index in [1.165, 1.54) is 0 Å². The Morgan fingerprint density at radius 2 is 2.28 bits per heavy atom. The Bertz CT molecular complexity index is 791. The third-order valence-electron chi connectivity index (χ3n) is 2.75. The summed E-state index contributed by atoms with van der Waals surface area (Å²) in [6, 6.07) is 1.85. The maximum Gasteiger partial charge on any atom is 0.261 e. The quantitative estimate of drug-likeness (QED) is 0.689. The van der Waals surface area contributed by atoms with Gasteiger partial charge in [0.1, 0.15) is 5.82 Å². The van der Waals surface area contributed by atoms with Gasteiger partial charge in [0.15, 0.2) is 0 Å². The first-order chi connectivity index (χ1) is 8.70. The molecule has 0 bridgehead atoms. The Morgan fingerprint density at radius 3 is 3.06 bits per heavy atom. The first-order valence-electron chi connectivity index (χ1n) is 5.53. The van der Waals surface area contributed by atoms with Gasteiger partial charge in [-0.3, -0.25) is 4.79 Å². The number of aromatic nitrogens is 5. The second-order valence-electron chi connectivity index (χ2n) is 3.97. The number of aryl methyl sites for hydroxylation is 2.